The highest BCUT2D eigenvalue weighted by Crippen LogP contribution is 1.99. The summed E-state index contributed by atoms with van der Waals surface area (Å²) in [5.74, 6) is 1.81. The van der Waals surface area contributed by atoms with E-state index in [9.17, 15) is 5.26 Å². The summed E-state index contributed by atoms with van der Waals surface area (Å²) in [5.41, 5.74) is -1.82. The molecule has 0 heterocycles. The molecule has 12 heavy (non-hydrogen) atoms. The zero-order chi connectivity index (χ0) is 10.0. The topological polar surface area (TPSA) is 113 Å². The highest BCUT2D eigenvalue weighted by atomic mass is 31.1. The summed E-state index contributed by atoms with van der Waals surface area (Å²) >= 11 is 0. The molecule has 0 amide bonds. The highest BCUT2D eigenvalue weighted by molar-refractivity contribution is 7.14. The normalized spacial score (nSPS) is 13.9. The molecule has 6 nitrogen and oxygen atoms in total. The first-order valence-corrected chi connectivity index (χ1v) is 3.34. The molecule has 0 aliphatic rings. The minimum atomic E-state index is -1.82. The third kappa shape index (κ3) is 7.57. The van der Waals surface area contributed by atoms with Crippen molar-refractivity contribution in [2.45, 2.75) is 5.60 Å². The van der Waals surface area contributed by atoms with Crippen LogP contribution in [0.3, 0.4) is 0 Å². The maximum Gasteiger partial charge on any atom is 0.170 e. The van der Waals surface area contributed by atoms with Gasteiger partial charge in [0.1, 0.15) is 0 Å². The lowest BCUT2D eigenvalue weighted by atomic mass is 10.1. The Balaban J connectivity index is 0. The van der Waals surface area contributed by atoms with E-state index in [1.165, 1.54) is 0 Å². The number of rotatable bonds is 3. The van der Waals surface area contributed by atoms with Gasteiger partial charge in [-0.1, -0.05) is 5.92 Å². The van der Waals surface area contributed by atoms with E-state index in [0.717, 1.165) is 0 Å². The molecule has 0 aromatic carbocycles. The van der Waals surface area contributed by atoms with Crippen LogP contribution in [0.2, 0.25) is 0 Å². The van der Waals surface area contributed by atoms with Crippen LogP contribution >= 0.6 is 8.69 Å². The molecule has 70 valence electrons. The summed E-state index contributed by atoms with van der Waals surface area (Å²) in [6.07, 6.45) is 4.72. The zero-order valence-electron chi connectivity index (χ0n) is 5.97. The standard InChI is InChI=1S/C5H8O4.HO2P/c1-2-5(7,3-6)4-9-8;1-3-2/h1,6-8H,3-4H2;(H,1,2)/p-2/t5-;/m0./s1. The molecule has 0 bridgehead atoms. The van der Waals surface area contributed by atoms with Gasteiger partial charge in [0.25, 0.3) is 0 Å². The SMILES string of the molecule is C#C[C@](O)(CO)CO[O-].O=P[O-]. The highest BCUT2D eigenvalue weighted by Gasteiger charge is 2.20. The van der Waals surface area contributed by atoms with Crippen LogP contribution in [0.5, 0.6) is 0 Å². The van der Waals surface area contributed by atoms with Crippen molar-refractivity contribution >= 4 is 8.69 Å². The van der Waals surface area contributed by atoms with Gasteiger partial charge in [-0.2, -0.15) is 0 Å². The van der Waals surface area contributed by atoms with Crippen molar-refractivity contribution in [3.63, 3.8) is 0 Å². The van der Waals surface area contributed by atoms with Crippen molar-refractivity contribution in [1.82, 2.24) is 0 Å². The van der Waals surface area contributed by atoms with E-state index < -0.39 is 27.5 Å². The second kappa shape index (κ2) is 8.56. The summed E-state index contributed by atoms with van der Waals surface area (Å²) < 4.78 is 8.35. The van der Waals surface area contributed by atoms with Crippen LogP contribution in [0.1, 0.15) is 0 Å². The predicted octanol–water partition coefficient (Wildman–Crippen LogP) is -2.81. The van der Waals surface area contributed by atoms with Gasteiger partial charge in [-0.3, -0.25) is 4.57 Å². The molecule has 0 radical (unpaired) electrons. The smallest absolute Gasteiger partial charge is 0.170 e. The van der Waals surface area contributed by atoms with E-state index in [1.807, 2.05) is 5.92 Å². The van der Waals surface area contributed by atoms with Crippen LogP contribution in [0.15, 0.2) is 0 Å². The molecule has 0 aromatic heterocycles. The van der Waals surface area contributed by atoms with Gasteiger partial charge in [0.2, 0.25) is 0 Å². The van der Waals surface area contributed by atoms with Gasteiger partial charge in [0.15, 0.2) is 5.60 Å². The van der Waals surface area contributed by atoms with Crippen molar-refractivity contribution in [1.29, 1.82) is 0 Å². The van der Waals surface area contributed by atoms with Gasteiger partial charge in [-0.05, 0) is 0 Å². The Morgan fingerprint density at radius 1 is 1.75 bits per heavy atom. The van der Waals surface area contributed by atoms with Crippen LogP contribution in [0, 0.1) is 12.3 Å². The molecule has 0 fully saturated rings. The van der Waals surface area contributed by atoms with Gasteiger partial charge in [0.05, 0.1) is 21.9 Å². The van der Waals surface area contributed by atoms with E-state index in [0.29, 0.717) is 0 Å². The maximum absolute atomic E-state index is 9.40. The molecule has 0 saturated carbocycles. The van der Waals surface area contributed by atoms with Crippen LogP contribution < -0.4 is 10.2 Å². The van der Waals surface area contributed by atoms with E-state index in [-0.39, 0.29) is 0 Å². The Hall–Kier alpha value is -0.540. The second-order valence-electron chi connectivity index (χ2n) is 1.67. The third-order valence-electron chi connectivity index (χ3n) is 0.828. The Bertz CT molecular complexity index is 155. The van der Waals surface area contributed by atoms with Crippen LogP contribution in [-0.4, -0.2) is 29.0 Å². The molecule has 0 saturated heterocycles. The first-order valence-electron chi connectivity index (χ1n) is 2.61. The summed E-state index contributed by atoms with van der Waals surface area (Å²) in [6.45, 7) is -1.27. The fourth-order valence-electron chi connectivity index (χ4n) is 0.230. The van der Waals surface area contributed by atoms with Crippen molar-refractivity contribution in [3.8, 4) is 12.3 Å². The van der Waals surface area contributed by atoms with Gasteiger partial charge in [-0.25, -0.2) is 0 Å². The van der Waals surface area contributed by atoms with E-state index in [2.05, 4.69) is 4.89 Å². The largest absolute Gasteiger partial charge is 0.772 e. The Kier molecular flexibility index (Phi) is 9.99. The third-order valence-corrected chi connectivity index (χ3v) is 0.828. The lowest BCUT2D eigenvalue weighted by Gasteiger charge is -2.20. The van der Waals surface area contributed by atoms with E-state index >= 15 is 0 Å². The summed E-state index contributed by atoms with van der Waals surface area (Å²) in [4.78, 5) is 11.6. The predicted molar refractivity (Wildman–Crippen MR) is 34.4 cm³/mol. The first-order chi connectivity index (χ1) is 5.60. The van der Waals surface area contributed by atoms with Gasteiger partial charge in [0, 0.05) is 0 Å². The number of hydrogen-bond acceptors (Lipinski definition) is 6. The Morgan fingerprint density at radius 3 is 2.25 bits per heavy atom. The average molecular weight is 194 g/mol. The average Bonchev–Trinajstić information content (AvgIpc) is 2.06. The van der Waals surface area contributed by atoms with Crippen molar-refractivity contribution < 1.29 is 29.8 Å². The second-order valence-corrected chi connectivity index (χ2v) is 1.82. The first kappa shape index (κ1) is 14.0. The van der Waals surface area contributed by atoms with Crippen LogP contribution in [0.25, 0.3) is 0 Å². The fraction of sp³-hybridized carbons (Fsp3) is 0.600. The van der Waals surface area contributed by atoms with E-state index in [4.69, 9.17) is 26.1 Å². The summed E-state index contributed by atoms with van der Waals surface area (Å²) in [7, 11) is -1.08. The molecule has 2 N–H and O–H groups in total. The van der Waals surface area contributed by atoms with Gasteiger partial charge >= 0.3 is 0 Å². The van der Waals surface area contributed by atoms with Gasteiger partial charge in [-0.15, -0.1) is 6.42 Å². The van der Waals surface area contributed by atoms with Crippen LogP contribution in [-0.2, 0) is 9.45 Å². The number of aliphatic hydroxyl groups excluding tert-OH is 1. The van der Waals surface area contributed by atoms with Crippen molar-refractivity contribution in [3.05, 3.63) is 0 Å². The monoisotopic (exact) mass is 194 g/mol. The van der Waals surface area contributed by atoms with Gasteiger partial charge < -0.3 is 25.3 Å². The molecular formula is C5H7O6P-2. The molecule has 1 atom stereocenters. The fourth-order valence-corrected chi connectivity index (χ4v) is 0.230. The van der Waals surface area contributed by atoms with Crippen LogP contribution in [0.4, 0.5) is 0 Å². The molecule has 0 rings (SSSR count). The number of terminal acetylenes is 1. The molecule has 0 aliphatic heterocycles. The lowest BCUT2D eigenvalue weighted by Crippen LogP contribution is -2.38. The summed E-state index contributed by atoms with van der Waals surface area (Å²) in [6, 6.07) is 0. The molecular weight excluding hydrogens is 187 g/mol. The lowest BCUT2D eigenvalue weighted by molar-refractivity contribution is -0.693. The summed E-state index contributed by atoms with van der Waals surface area (Å²) in [5, 5.41) is 26.5. The minimum absolute atomic E-state index is 0.597. The quantitative estimate of drug-likeness (QED) is 0.217. The van der Waals surface area contributed by atoms with Crippen molar-refractivity contribution in [2.75, 3.05) is 13.2 Å². The Morgan fingerprint density at radius 2 is 2.17 bits per heavy atom. The zero-order valence-corrected chi connectivity index (χ0v) is 6.86. The molecule has 0 spiro atoms. The number of hydrogen-bond donors (Lipinski definition) is 2. The minimum Gasteiger partial charge on any atom is -0.772 e. The van der Waals surface area contributed by atoms with Crippen molar-refractivity contribution in [2.24, 2.45) is 0 Å². The molecule has 0 unspecified atom stereocenters. The Labute approximate surface area is 70.6 Å². The molecule has 0 aliphatic carbocycles. The maximum atomic E-state index is 9.40. The molecule has 0 aromatic rings. The molecule has 7 heteroatoms. The number of aliphatic hydroxyl groups is 2. The van der Waals surface area contributed by atoms with E-state index in [1.54, 1.807) is 0 Å².